The van der Waals surface area contributed by atoms with Gasteiger partial charge in [-0.1, -0.05) is 0 Å². The molecule has 160 valence electrons. The van der Waals surface area contributed by atoms with Crippen molar-refractivity contribution in [3.05, 3.63) is 0 Å². The summed E-state index contributed by atoms with van der Waals surface area (Å²) >= 11 is 0. The average Bonchev–Trinajstić information content (AvgIpc) is 2.66. The van der Waals surface area contributed by atoms with Gasteiger partial charge in [-0.15, -0.1) is 0 Å². The van der Waals surface area contributed by atoms with Crippen LogP contribution in [0.3, 0.4) is 0 Å². The van der Waals surface area contributed by atoms with Crippen molar-refractivity contribution in [2.45, 2.75) is 70.4 Å². The molecule has 0 spiro atoms. The Morgan fingerprint density at radius 2 is 1.86 bits per heavy atom. The minimum atomic E-state index is 0.157. The number of hydrogen-bond acceptors (Lipinski definition) is 4. The fraction of sp³-hybridized carbons (Fsp3) is 0.909. The summed E-state index contributed by atoms with van der Waals surface area (Å²) in [5.41, 5.74) is 0. The molecule has 0 aromatic heterocycles. The molecule has 0 radical (unpaired) electrons. The maximum absolute atomic E-state index is 12.4. The van der Waals surface area contributed by atoms with Crippen molar-refractivity contribution >= 4 is 11.8 Å². The highest BCUT2D eigenvalue weighted by atomic mass is 16.2. The van der Waals surface area contributed by atoms with Crippen LogP contribution in [0.25, 0.3) is 0 Å². The highest BCUT2D eigenvalue weighted by molar-refractivity contribution is 5.76. The first-order valence-electron chi connectivity index (χ1n) is 11.4. The Labute approximate surface area is 171 Å². The molecule has 1 N–H and O–H groups in total. The molecule has 0 aromatic rings. The van der Waals surface area contributed by atoms with Gasteiger partial charge in [-0.3, -0.25) is 14.5 Å². The summed E-state index contributed by atoms with van der Waals surface area (Å²) in [6.45, 7) is 6.88. The van der Waals surface area contributed by atoms with E-state index in [-0.39, 0.29) is 11.8 Å². The van der Waals surface area contributed by atoms with Crippen LogP contribution in [-0.4, -0.2) is 85.4 Å². The Kier molecular flexibility index (Phi) is 7.75. The second-order valence-corrected chi connectivity index (χ2v) is 9.37. The van der Waals surface area contributed by atoms with Gasteiger partial charge in [-0.25, -0.2) is 0 Å². The molecule has 0 aromatic carbocycles. The molecule has 0 bridgehead atoms. The summed E-state index contributed by atoms with van der Waals surface area (Å²) in [4.78, 5) is 31.6. The zero-order chi connectivity index (χ0) is 20.1. The number of nitrogens with one attached hydrogen (secondary N) is 1. The normalized spacial score (nSPS) is 30.2. The Morgan fingerprint density at radius 3 is 2.57 bits per heavy atom. The van der Waals surface area contributed by atoms with Crippen LogP contribution in [0.2, 0.25) is 0 Å². The number of carbonyl (C=O) groups excluding carboxylic acids is 2. The predicted octanol–water partition coefficient (Wildman–Crippen LogP) is 1.95. The zero-order valence-corrected chi connectivity index (χ0v) is 18.2. The van der Waals surface area contributed by atoms with Crippen LogP contribution in [0.15, 0.2) is 0 Å². The second kappa shape index (κ2) is 10.1. The van der Waals surface area contributed by atoms with Crippen molar-refractivity contribution in [1.82, 2.24) is 20.0 Å². The third kappa shape index (κ3) is 5.26. The molecular formula is C22H40N4O2. The van der Waals surface area contributed by atoms with Crippen molar-refractivity contribution in [3.63, 3.8) is 0 Å². The Hall–Kier alpha value is -1.14. The number of rotatable bonds is 8. The monoisotopic (exact) mass is 392 g/mol. The Bertz CT molecular complexity index is 537. The number of likely N-dealkylation sites (tertiary alicyclic amines) is 1. The lowest BCUT2D eigenvalue weighted by Crippen LogP contribution is -2.65. The third-order valence-electron chi connectivity index (χ3n) is 7.08. The van der Waals surface area contributed by atoms with Crippen LogP contribution in [0, 0.1) is 11.8 Å². The molecule has 3 fully saturated rings. The molecule has 3 aliphatic rings. The number of nitrogens with zero attached hydrogens (tertiary/aromatic N) is 3. The summed E-state index contributed by atoms with van der Waals surface area (Å²) < 4.78 is 0. The molecule has 0 unspecified atom stereocenters. The molecule has 0 aliphatic carbocycles. The van der Waals surface area contributed by atoms with E-state index < -0.39 is 0 Å². The first-order chi connectivity index (χ1) is 13.5. The van der Waals surface area contributed by atoms with Gasteiger partial charge in [-0.2, -0.15) is 0 Å². The van der Waals surface area contributed by atoms with E-state index in [1.54, 1.807) is 6.92 Å². The first-order valence-corrected chi connectivity index (χ1v) is 11.4. The SMILES string of the molecule is CC(=O)N1C[C@@H]2CCCN3CCC[C@@H]([C@H]23)[C@H]1CCCC(=O)NCCCN(C)C. The van der Waals surface area contributed by atoms with Crippen LogP contribution in [0.1, 0.15) is 58.3 Å². The average molecular weight is 393 g/mol. The van der Waals surface area contributed by atoms with Gasteiger partial charge in [0.25, 0.3) is 0 Å². The maximum atomic E-state index is 12.4. The van der Waals surface area contributed by atoms with E-state index in [9.17, 15) is 9.59 Å². The summed E-state index contributed by atoms with van der Waals surface area (Å²) in [7, 11) is 4.10. The van der Waals surface area contributed by atoms with Crippen LogP contribution >= 0.6 is 0 Å². The number of piperidine rings is 3. The largest absolute Gasteiger partial charge is 0.356 e. The quantitative estimate of drug-likeness (QED) is 0.642. The molecule has 6 nitrogen and oxygen atoms in total. The molecule has 4 atom stereocenters. The van der Waals surface area contributed by atoms with Gasteiger partial charge < -0.3 is 15.1 Å². The lowest BCUT2D eigenvalue weighted by Gasteiger charge is -2.57. The fourth-order valence-electron chi connectivity index (χ4n) is 5.91. The molecule has 3 saturated heterocycles. The maximum Gasteiger partial charge on any atom is 0.219 e. The van der Waals surface area contributed by atoms with Crippen molar-refractivity contribution in [2.75, 3.05) is 46.8 Å². The molecule has 0 saturated carbocycles. The highest BCUT2D eigenvalue weighted by Crippen LogP contribution is 2.43. The van der Waals surface area contributed by atoms with Crippen molar-refractivity contribution < 1.29 is 9.59 Å². The van der Waals surface area contributed by atoms with E-state index in [0.29, 0.717) is 30.3 Å². The van der Waals surface area contributed by atoms with Gasteiger partial charge in [0.1, 0.15) is 0 Å². The summed E-state index contributed by atoms with van der Waals surface area (Å²) in [5, 5.41) is 3.04. The van der Waals surface area contributed by atoms with E-state index in [0.717, 1.165) is 38.9 Å². The fourth-order valence-corrected chi connectivity index (χ4v) is 5.91. The van der Waals surface area contributed by atoms with Gasteiger partial charge in [0.2, 0.25) is 11.8 Å². The number of carbonyl (C=O) groups is 2. The van der Waals surface area contributed by atoms with Crippen molar-refractivity contribution in [3.8, 4) is 0 Å². The third-order valence-corrected chi connectivity index (χ3v) is 7.08. The molecule has 3 heterocycles. The standard InChI is InChI=1S/C22H40N4O2/c1-17(27)26-16-18-8-5-14-25-15-6-9-19(22(18)25)20(26)10-4-11-21(28)23-12-7-13-24(2)3/h18-20,22H,4-16H2,1-3H3,(H,23,28)/t18-,19+,20+,22-/m0/s1. The summed E-state index contributed by atoms with van der Waals surface area (Å²) in [6.07, 6.45) is 8.44. The van der Waals surface area contributed by atoms with Crippen LogP contribution in [-0.2, 0) is 9.59 Å². The van der Waals surface area contributed by atoms with E-state index in [1.807, 2.05) is 0 Å². The topological polar surface area (TPSA) is 55.9 Å². The Balaban J connectivity index is 1.52. The minimum absolute atomic E-state index is 0.157. The van der Waals surface area contributed by atoms with Gasteiger partial charge >= 0.3 is 0 Å². The molecule has 3 aliphatic heterocycles. The molecule has 6 heteroatoms. The summed E-state index contributed by atoms with van der Waals surface area (Å²) in [6, 6.07) is 0.990. The Morgan fingerprint density at radius 1 is 1.11 bits per heavy atom. The van der Waals surface area contributed by atoms with Crippen LogP contribution in [0.5, 0.6) is 0 Å². The molecular weight excluding hydrogens is 352 g/mol. The van der Waals surface area contributed by atoms with Crippen molar-refractivity contribution in [2.24, 2.45) is 11.8 Å². The van der Waals surface area contributed by atoms with E-state index >= 15 is 0 Å². The second-order valence-electron chi connectivity index (χ2n) is 9.37. The smallest absolute Gasteiger partial charge is 0.219 e. The van der Waals surface area contributed by atoms with Crippen LogP contribution < -0.4 is 5.32 Å². The van der Waals surface area contributed by atoms with Crippen molar-refractivity contribution in [1.29, 1.82) is 0 Å². The first kappa shape index (κ1) is 21.6. The number of amides is 2. The molecule has 2 amide bonds. The lowest BCUT2D eigenvalue weighted by molar-refractivity contribution is -0.144. The highest BCUT2D eigenvalue weighted by Gasteiger charge is 2.48. The molecule has 28 heavy (non-hydrogen) atoms. The summed E-state index contributed by atoms with van der Waals surface area (Å²) in [5.74, 6) is 1.63. The van der Waals surface area contributed by atoms with E-state index in [4.69, 9.17) is 0 Å². The minimum Gasteiger partial charge on any atom is -0.356 e. The molecule has 3 rings (SSSR count). The van der Waals surface area contributed by atoms with Gasteiger partial charge in [0.15, 0.2) is 0 Å². The lowest BCUT2D eigenvalue weighted by atomic mass is 9.69. The van der Waals surface area contributed by atoms with E-state index in [2.05, 4.69) is 34.1 Å². The van der Waals surface area contributed by atoms with Crippen LogP contribution in [0.4, 0.5) is 0 Å². The zero-order valence-electron chi connectivity index (χ0n) is 18.2. The van der Waals surface area contributed by atoms with Gasteiger partial charge in [0.05, 0.1) is 0 Å². The van der Waals surface area contributed by atoms with Gasteiger partial charge in [-0.05, 0) is 90.5 Å². The van der Waals surface area contributed by atoms with E-state index in [1.165, 1.54) is 38.8 Å². The predicted molar refractivity (Wildman–Crippen MR) is 112 cm³/mol. The van der Waals surface area contributed by atoms with Gasteiger partial charge in [0, 0.05) is 38.5 Å². The number of hydrogen-bond donors (Lipinski definition) is 1.